The normalized spacial score (nSPS) is 12.1. The summed E-state index contributed by atoms with van der Waals surface area (Å²) in [6.45, 7) is 14.2. The molecular weight excluding hydrogens is 1270 g/mol. The average Bonchev–Trinajstić information content (AvgIpc) is 1.58. The number of benzene rings is 4. The molecule has 4 aromatic carbocycles. The molecule has 570 valence electrons. The van der Waals surface area contributed by atoms with Gasteiger partial charge in [-0.3, -0.25) is 0 Å². The van der Waals surface area contributed by atoms with Crippen molar-refractivity contribution in [1.82, 2.24) is 39.9 Å². The Labute approximate surface area is 630 Å². The number of rotatable bonds is 56. The van der Waals surface area contributed by atoms with E-state index in [2.05, 4.69) is 100 Å². The van der Waals surface area contributed by atoms with Crippen LogP contribution >= 0.6 is 0 Å². The van der Waals surface area contributed by atoms with Gasteiger partial charge in [0.2, 0.25) is 0 Å². The highest BCUT2D eigenvalue weighted by Gasteiger charge is 2.30. The zero-order chi connectivity index (χ0) is 72.8. The van der Waals surface area contributed by atoms with Crippen molar-refractivity contribution in [2.24, 2.45) is 0 Å². The van der Waals surface area contributed by atoms with Crippen molar-refractivity contribution >= 4 is 44.1 Å². The van der Waals surface area contributed by atoms with Crippen LogP contribution in [0.4, 0.5) is 0 Å². The largest absolute Gasteiger partial charge is 0.396 e. The van der Waals surface area contributed by atoms with E-state index in [1.807, 2.05) is 0 Å². The number of hydrogen-bond donors (Lipinski definition) is 4. The molecule has 104 heavy (non-hydrogen) atoms. The van der Waals surface area contributed by atoms with E-state index in [-0.39, 0.29) is 13.2 Å². The second kappa shape index (κ2) is 47.1. The molecule has 10 nitrogen and oxygen atoms in total. The highest BCUT2D eigenvalue weighted by atomic mass is 16.3. The van der Waals surface area contributed by atoms with E-state index in [0.29, 0.717) is 24.5 Å². The first-order chi connectivity index (χ1) is 51.4. The minimum atomic E-state index is 0.147. The fourth-order valence-corrected chi connectivity index (χ4v) is 17.0. The van der Waals surface area contributed by atoms with Gasteiger partial charge in [0.25, 0.3) is 0 Å². The van der Waals surface area contributed by atoms with Crippen molar-refractivity contribution in [2.75, 3.05) is 13.2 Å². The van der Waals surface area contributed by atoms with E-state index in [9.17, 15) is 10.2 Å². The maximum absolute atomic E-state index is 10.3. The minimum Gasteiger partial charge on any atom is -0.396 e. The van der Waals surface area contributed by atoms with Crippen molar-refractivity contribution in [1.29, 1.82) is 0 Å². The number of unbranched alkanes of at least 4 members (excludes halogenated alkanes) is 38. The van der Waals surface area contributed by atoms with Crippen LogP contribution in [0.2, 0.25) is 0 Å². The smallest absolute Gasteiger partial charge is 0.165 e. The van der Waals surface area contributed by atoms with Crippen LogP contribution in [0.5, 0.6) is 0 Å². The summed E-state index contributed by atoms with van der Waals surface area (Å²) >= 11 is 0. The average molecular weight is 1420 g/mol. The van der Waals surface area contributed by atoms with E-state index in [4.69, 9.17) is 29.9 Å². The van der Waals surface area contributed by atoms with Crippen molar-refractivity contribution in [3.63, 3.8) is 0 Å². The number of aliphatic hydroxyl groups is 2. The summed E-state index contributed by atoms with van der Waals surface area (Å²) in [7, 11) is 0. The summed E-state index contributed by atoms with van der Waals surface area (Å²) in [4.78, 5) is 44.2. The third-order valence-corrected chi connectivity index (χ3v) is 23.1. The standard InChI is InChI=1S/C94H142N8O2/c1-7-13-19-25-31-37-43-53-71-61-62-72(54-44-38-32-26-20-14-8-2)80-79(71)87-95-88(80)97-90-82-74(56-46-40-34-28-22-16-10-4)64-66-76(58-48-42-36-30-24-18-12-6)84(82)92(99-90)101-94-86-78(60-50-52-70-104)68-67-77(59-49-51-69-103)85(86)93(102-94)100-91-83-75(57-47-41-35-29-23-17-11-5)65-63-73(81(83)89(96-87)98-91)55-45-39-33-27-21-15-9-3/h61-68,103-104H,7-60,69-70H2,1-6H3,(H2,95,96,97,98,99,100,101,102). The fraction of sp³-hybridized carbons (Fsp3) is 0.660. The number of nitrogens with one attached hydrogen (secondary N) is 2. The second-order valence-electron chi connectivity index (χ2n) is 31.7. The third-order valence-electron chi connectivity index (χ3n) is 23.1. The van der Waals surface area contributed by atoms with Gasteiger partial charge in [-0.15, -0.1) is 0 Å². The Balaban J connectivity index is 1.40. The molecule has 0 atom stereocenters. The Morgan fingerprint density at radius 2 is 0.365 bits per heavy atom. The first-order valence-electron chi connectivity index (χ1n) is 44.0. The number of nitrogens with zero attached hydrogens (tertiary/aromatic N) is 6. The summed E-state index contributed by atoms with van der Waals surface area (Å²) in [5, 5.41) is 25.3. The SMILES string of the molecule is CCCCCCCCCc1ccc(CCCCCCCCC)c2c1-c1nc-2nc2[nH]c(nc3nc(nc4[nH]c(n1)c1c(CCCCCCCCC)ccc(CCCCCCCCC)c41)-c1c(CCCCO)ccc(CCCCO)c1-3)c1c(CCCCCCCCC)ccc(CCCCCCCCC)c21. The Bertz CT molecular complexity index is 3580. The zero-order valence-corrected chi connectivity index (χ0v) is 66.8. The molecule has 0 saturated heterocycles. The van der Waals surface area contributed by atoms with E-state index in [0.717, 1.165) is 148 Å². The number of aliphatic hydroxyl groups excluding tert-OH is 2. The number of aromatic nitrogens is 8. The molecule has 0 spiro atoms. The molecule has 5 heterocycles. The van der Waals surface area contributed by atoms with Crippen LogP contribution in [-0.4, -0.2) is 63.3 Å². The Morgan fingerprint density at radius 1 is 0.202 bits per heavy atom. The molecule has 2 aliphatic heterocycles. The van der Waals surface area contributed by atoms with Gasteiger partial charge in [-0.05, 0) is 160 Å². The van der Waals surface area contributed by atoms with Crippen LogP contribution in [-0.2, 0) is 51.4 Å². The Hall–Kier alpha value is -5.84. The number of hydrogen-bond acceptors (Lipinski definition) is 8. The predicted octanol–water partition coefficient (Wildman–Crippen LogP) is 27.3. The van der Waals surface area contributed by atoms with Crippen molar-refractivity contribution in [3.8, 4) is 45.6 Å². The summed E-state index contributed by atoms with van der Waals surface area (Å²) in [5.41, 5.74) is 18.0. The fourth-order valence-electron chi connectivity index (χ4n) is 17.0. The van der Waals surface area contributed by atoms with Crippen LogP contribution in [0.3, 0.4) is 0 Å². The second-order valence-corrected chi connectivity index (χ2v) is 31.7. The first-order valence-corrected chi connectivity index (χ1v) is 44.0. The van der Waals surface area contributed by atoms with Crippen molar-refractivity contribution in [3.05, 3.63) is 93.0 Å². The van der Waals surface area contributed by atoms with E-state index in [1.54, 1.807) is 0 Å². The van der Waals surface area contributed by atoms with E-state index < -0.39 is 0 Å². The molecule has 0 unspecified atom stereocenters. The molecule has 9 rings (SSSR count). The van der Waals surface area contributed by atoms with Gasteiger partial charge in [0.1, 0.15) is 22.6 Å². The highest BCUT2D eigenvalue weighted by Crippen LogP contribution is 2.45. The van der Waals surface area contributed by atoms with Gasteiger partial charge in [0, 0.05) is 57.0 Å². The number of aromatic amines is 2. The summed E-state index contributed by atoms with van der Waals surface area (Å²) < 4.78 is 0. The third kappa shape index (κ3) is 24.1. The lowest BCUT2D eigenvalue weighted by atomic mass is 9.91. The first kappa shape index (κ1) is 82.2. The van der Waals surface area contributed by atoms with Gasteiger partial charge < -0.3 is 20.2 Å². The Kier molecular flexibility index (Phi) is 37.2. The number of H-pyrrole nitrogens is 2. The molecule has 3 aromatic heterocycles. The molecule has 8 bridgehead atoms. The van der Waals surface area contributed by atoms with E-state index in [1.165, 1.54) is 308 Å². The molecule has 10 heteroatoms. The van der Waals surface area contributed by atoms with Gasteiger partial charge in [0.15, 0.2) is 23.3 Å². The van der Waals surface area contributed by atoms with Crippen LogP contribution < -0.4 is 0 Å². The topological polar surface area (TPSA) is 149 Å². The zero-order valence-electron chi connectivity index (χ0n) is 66.8. The maximum atomic E-state index is 10.3. The summed E-state index contributed by atoms with van der Waals surface area (Å²) in [5.74, 6) is 2.89. The lowest BCUT2D eigenvalue weighted by Crippen LogP contribution is -1.99. The molecule has 0 radical (unpaired) electrons. The van der Waals surface area contributed by atoms with Gasteiger partial charge in [0.05, 0.1) is 0 Å². The van der Waals surface area contributed by atoms with Crippen LogP contribution in [0, 0.1) is 0 Å². The lowest BCUT2D eigenvalue weighted by molar-refractivity contribution is 0.284. The van der Waals surface area contributed by atoms with Crippen LogP contribution in [0.25, 0.3) is 89.7 Å². The molecular formula is C94H142N8O2. The van der Waals surface area contributed by atoms with Gasteiger partial charge in [-0.25, -0.2) is 29.9 Å². The summed E-state index contributed by atoms with van der Waals surface area (Å²) in [6.07, 6.45) is 62.9. The number of fused-ring (bicyclic) bond motifs is 20. The monoisotopic (exact) mass is 1420 g/mol. The molecule has 0 saturated carbocycles. The van der Waals surface area contributed by atoms with Crippen LogP contribution in [0.15, 0.2) is 48.5 Å². The van der Waals surface area contributed by atoms with Gasteiger partial charge >= 0.3 is 0 Å². The number of aryl methyl sites for hydroxylation is 8. The predicted molar refractivity (Wildman–Crippen MR) is 446 cm³/mol. The Morgan fingerprint density at radius 3 is 0.558 bits per heavy atom. The molecule has 4 N–H and O–H groups in total. The molecule has 0 aliphatic carbocycles. The summed E-state index contributed by atoms with van der Waals surface area (Å²) in [6, 6.07) is 19.4. The molecule has 7 aromatic rings. The van der Waals surface area contributed by atoms with Gasteiger partial charge in [-0.1, -0.05) is 321 Å². The van der Waals surface area contributed by atoms with Crippen LogP contribution in [0.1, 0.15) is 381 Å². The molecule has 0 fully saturated rings. The highest BCUT2D eigenvalue weighted by molar-refractivity contribution is 6.10. The van der Waals surface area contributed by atoms with Gasteiger partial charge in [-0.2, -0.15) is 0 Å². The molecule has 0 amide bonds. The quantitative estimate of drug-likeness (QED) is 0.0275. The van der Waals surface area contributed by atoms with E-state index >= 15 is 0 Å². The van der Waals surface area contributed by atoms with Crippen molar-refractivity contribution < 1.29 is 10.2 Å². The maximum Gasteiger partial charge on any atom is 0.165 e. The van der Waals surface area contributed by atoms with Crippen molar-refractivity contribution in [2.45, 2.75) is 388 Å². The lowest BCUT2D eigenvalue weighted by Gasteiger charge is -2.13. The minimum absolute atomic E-state index is 0.147. The molecule has 2 aliphatic rings.